The molecule has 2 aromatic heterocycles. The minimum absolute atomic E-state index is 0.479. The Balaban J connectivity index is 2.11. The molecule has 0 radical (unpaired) electrons. The van der Waals surface area contributed by atoms with Gasteiger partial charge in [-0.25, -0.2) is 9.97 Å². The summed E-state index contributed by atoms with van der Waals surface area (Å²) in [6, 6.07) is 7.63. The van der Waals surface area contributed by atoms with Gasteiger partial charge in [-0.3, -0.25) is 0 Å². The second-order valence-corrected chi connectivity index (χ2v) is 5.48. The van der Waals surface area contributed by atoms with Crippen LogP contribution in [0.3, 0.4) is 0 Å². The second kappa shape index (κ2) is 5.62. The number of pyridine rings is 2. The van der Waals surface area contributed by atoms with Crippen LogP contribution in [0.1, 0.15) is 18.6 Å². The van der Waals surface area contributed by atoms with Gasteiger partial charge in [0, 0.05) is 16.9 Å². The Morgan fingerprint density at radius 1 is 1.12 bits per heavy atom. The molecule has 2 rings (SSSR count). The van der Waals surface area contributed by atoms with E-state index in [1.54, 1.807) is 19.3 Å². The topological polar surface area (TPSA) is 46.0 Å². The number of rotatable bonds is 3. The van der Waals surface area contributed by atoms with Gasteiger partial charge in [-0.1, -0.05) is 17.8 Å². The van der Waals surface area contributed by atoms with Crippen LogP contribution in [0, 0.1) is 0 Å². The first-order chi connectivity index (χ1) is 8.15. The number of aliphatic hydroxyl groups excluding tert-OH is 1. The van der Waals surface area contributed by atoms with E-state index in [0.29, 0.717) is 0 Å². The highest BCUT2D eigenvalue weighted by Crippen LogP contribution is 2.25. The van der Waals surface area contributed by atoms with Crippen LogP contribution in [0.15, 0.2) is 51.2 Å². The predicted octanol–water partition coefficient (Wildman–Crippen LogP) is 3.44. The van der Waals surface area contributed by atoms with E-state index in [-0.39, 0.29) is 0 Å². The van der Waals surface area contributed by atoms with Gasteiger partial charge in [-0.2, -0.15) is 0 Å². The number of hydrogen-bond acceptors (Lipinski definition) is 4. The maximum Gasteiger partial charge on any atom is 0.102 e. The summed E-state index contributed by atoms with van der Waals surface area (Å²) in [6.45, 7) is 1.72. The van der Waals surface area contributed by atoms with Crippen LogP contribution in [-0.4, -0.2) is 15.1 Å². The summed E-state index contributed by atoms with van der Waals surface area (Å²) < 4.78 is 0.958. The van der Waals surface area contributed by atoms with Crippen molar-refractivity contribution in [2.45, 2.75) is 23.1 Å². The SMILES string of the molecule is CC(O)c1ccc(Sc2ccc(Br)cn2)nc1. The molecule has 88 valence electrons. The van der Waals surface area contributed by atoms with Crippen molar-refractivity contribution in [1.29, 1.82) is 0 Å². The number of halogens is 1. The Morgan fingerprint density at radius 2 is 1.76 bits per heavy atom. The van der Waals surface area contributed by atoms with Crippen LogP contribution < -0.4 is 0 Å². The maximum atomic E-state index is 9.37. The third-order valence-corrected chi connectivity index (χ3v) is 3.52. The van der Waals surface area contributed by atoms with Crippen molar-refractivity contribution < 1.29 is 5.11 Å². The molecule has 0 aliphatic rings. The third kappa shape index (κ3) is 3.52. The molecule has 1 atom stereocenters. The Kier molecular flexibility index (Phi) is 4.15. The lowest BCUT2D eigenvalue weighted by Gasteiger charge is -2.04. The van der Waals surface area contributed by atoms with Crippen molar-refractivity contribution in [2.75, 3.05) is 0 Å². The van der Waals surface area contributed by atoms with Gasteiger partial charge in [0.05, 0.1) is 6.10 Å². The molecule has 0 aromatic carbocycles. The Morgan fingerprint density at radius 3 is 2.24 bits per heavy atom. The molecule has 17 heavy (non-hydrogen) atoms. The van der Waals surface area contributed by atoms with Gasteiger partial charge in [0.1, 0.15) is 10.1 Å². The highest BCUT2D eigenvalue weighted by atomic mass is 79.9. The summed E-state index contributed by atoms with van der Waals surface area (Å²) in [5, 5.41) is 11.1. The highest BCUT2D eigenvalue weighted by molar-refractivity contribution is 9.10. The van der Waals surface area contributed by atoms with Gasteiger partial charge in [-0.15, -0.1) is 0 Å². The van der Waals surface area contributed by atoms with E-state index in [1.165, 1.54) is 11.8 Å². The lowest BCUT2D eigenvalue weighted by molar-refractivity contribution is 0.198. The van der Waals surface area contributed by atoms with Crippen LogP contribution in [0.5, 0.6) is 0 Å². The third-order valence-electron chi connectivity index (χ3n) is 2.15. The van der Waals surface area contributed by atoms with Crippen LogP contribution in [-0.2, 0) is 0 Å². The zero-order chi connectivity index (χ0) is 12.3. The van der Waals surface area contributed by atoms with Crippen LogP contribution >= 0.6 is 27.7 Å². The van der Waals surface area contributed by atoms with Crippen molar-refractivity contribution in [1.82, 2.24) is 9.97 Å². The summed E-state index contributed by atoms with van der Waals surface area (Å²) in [5.74, 6) is 0. The molecule has 2 heterocycles. The molecule has 5 heteroatoms. The zero-order valence-corrected chi connectivity index (χ0v) is 11.6. The standard InChI is InChI=1S/C12H11BrN2OS/c1-8(16)9-2-4-11(14-6-9)17-12-5-3-10(13)7-15-12/h2-8,16H,1H3. The Bertz CT molecular complexity index is 485. The number of nitrogens with zero attached hydrogens (tertiary/aromatic N) is 2. The molecule has 0 spiro atoms. The summed E-state index contributed by atoms with van der Waals surface area (Å²) in [5.41, 5.74) is 0.818. The number of aliphatic hydroxyl groups is 1. The quantitative estimate of drug-likeness (QED) is 0.943. The van der Waals surface area contributed by atoms with Crippen molar-refractivity contribution in [3.63, 3.8) is 0 Å². The smallest absolute Gasteiger partial charge is 0.102 e. The average molecular weight is 311 g/mol. The fraction of sp³-hybridized carbons (Fsp3) is 0.167. The molecule has 0 bridgehead atoms. The molecule has 0 amide bonds. The summed E-state index contributed by atoms with van der Waals surface area (Å²) in [4.78, 5) is 8.53. The van der Waals surface area contributed by atoms with E-state index in [0.717, 1.165) is 20.1 Å². The molecule has 0 fully saturated rings. The Labute approximate surface area is 112 Å². The van der Waals surface area contributed by atoms with Crippen LogP contribution in [0.25, 0.3) is 0 Å². The van der Waals surface area contributed by atoms with Gasteiger partial charge >= 0.3 is 0 Å². The van der Waals surface area contributed by atoms with Crippen LogP contribution in [0.2, 0.25) is 0 Å². The molecule has 1 N–H and O–H groups in total. The summed E-state index contributed by atoms with van der Waals surface area (Å²) in [6.07, 6.45) is 2.96. The molecule has 2 aromatic rings. The monoisotopic (exact) mass is 310 g/mol. The summed E-state index contributed by atoms with van der Waals surface area (Å²) >= 11 is 4.83. The minimum Gasteiger partial charge on any atom is -0.389 e. The van der Waals surface area contributed by atoms with Gasteiger partial charge < -0.3 is 5.11 Å². The normalized spacial score (nSPS) is 12.4. The zero-order valence-electron chi connectivity index (χ0n) is 9.17. The largest absolute Gasteiger partial charge is 0.389 e. The molecular weight excluding hydrogens is 300 g/mol. The van der Waals surface area contributed by atoms with Crippen molar-refractivity contribution in [3.05, 3.63) is 46.7 Å². The number of aromatic nitrogens is 2. The van der Waals surface area contributed by atoms with Crippen molar-refractivity contribution in [2.24, 2.45) is 0 Å². The van der Waals surface area contributed by atoms with Gasteiger partial charge in [0.25, 0.3) is 0 Å². The maximum absolute atomic E-state index is 9.37. The van der Waals surface area contributed by atoms with E-state index < -0.39 is 6.10 Å². The summed E-state index contributed by atoms with van der Waals surface area (Å²) in [7, 11) is 0. The molecule has 1 unspecified atom stereocenters. The van der Waals surface area contributed by atoms with E-state index in [9.17, 15) is 5.11 Å². The Hall–Kier alpha value is -0.910. The lowest BCUT2D eigenvalue weighted by Crippen LogP contribution is -1.92. The predicted molar refractivity (Wildman–Crippen MR) is 70.9 cm³/mol. The second-order valence-electron chi connectivity index (χ2n) is 3.52. The van der Waals surface area contributed by atoms with Crippen LogP contribution in [0.4, 0.5) is 0 Å². The fourth-order valence-corrected chi connectivity index (χ4v) is 2.16. The molecule has 0 saturated carbocycles. The first kappa shape index (κ1) is 12.5. The van der Waals surface area contributed by atoms with E-state index >= 15 is 0 Å². The molecule has 3 nitrogen and oxygen atoms in total. The minimum atomic E-state index is -0.479. The van der Waals surface area contributed by atoms with Crippen molar-refractivity contribution in [3.8, 4) is 0 Å². The highest BCUT2D eigenvalue weighted by Gasteiger charge is 2.03. The number of hydrogen-bond donors (Lipinski definition) is 1. The van der Waals surface area contributed by atoms with E-state index in [1.807, 2.05) is 24.3 Å². The van der Waals surface area contributed by atoms with Gasteiger partial charge in [0.15, 0.2) is 0 Å². The molecule has 0 saturated heterocycles. The molecular formula is C12H11BrN2OS. The first-order valence-electron chi connectivity index (χ1n) is 5.08. The van der Waals surface area contributed by atoms with Crippen molar-refractivity contribution >= 4 is 27.7 Å². The fourth-order valence-electron chi connectivity index (χ4n) is 1.23. The van der Waals surface area contributed by atoms with E-state index in [2.05, 4.69) is 25.9 Å². The van der Waals surface area contributed by atoms with Gasteiger partial charge in [-0.05, 0) is 46.6 Å². The lowest BCUT2D eigenvalue weighted by atomic mass is 10.2. The molecule has 0 aliphatic heterocycles. The van der Waals surface area contributed by atoms with Gasteiger partial charge in [0.2, 0.25) is 0 Å². The molecule has 0 aliphatic carbocycles. The van der Waals surface area contributed by atoms with E-state index in [4.69, 9.17) is 0 Å². The first-order valence-corrected chi connectivity index (χ1v) is 6.69. The average Bonchev–Trinajstić information content (AvgIpc) is 2.33.